The summed E-state index contributed by atoms with van der Waals surface area (Å²) < 4.78 is 0. The number of aromatic nitrogens is 3. The minimum atomic E-state index is -0.375. The van der Waals surface area contributed by atoms with E-state index in [2.05, 4.69) is 36.2 Å². The molecule has 28 heavy (non-hydrogen) atoms. The van der Waals surface area contributed by atoms with Crippen LogP contribution in [0.25, 0.3) is 16.7 Å². The van der Waals surface area contributed by atoms with E-state index in [1.807, 2.05) is 48.5 Å². The summed E-state index contributed by atoms with van der Waals surface area (Å²) in [5.41, 5.74) is 3.73. The van der Waals surface area contributed by atoms with Gasteiger partial charge in [0.05, 0.1) is 5.56 Å². The van der Waals surface area contributed by atoms with E-state index in [0.29, 0.717) is 5.69 Å². The molecule has 0 bridgehead atoms. The molecule has 0 saturated heterocycles. The highest BCUT2D eigenvalue weighted by molar-refractivity contribution is 5.98. The van der Waals surface area contributed by atoms with Crippen molar-refractivity contribution < 1.29 is 9.90 Å². The molecule has 4 rings (SSSR count). The summed E-state index contributed by atoms with van der Waals surface area (Å²) in [6, 6.07) is 21.2. The van der Waals surface area contributed by atoms with Crippen LogP contribution in [-0.4, -0.2) is 25.9 Å². The van der Waals surface area contributed by atoms with E-state index in [1.54, 1.807) is 6.07 Å². The summed E-state index contributed by atoms with van der Waals surface area (Å²) in [4.78, 5) is 13.6. The lowest BCUT2D eigenvalue weighted by Gasteiger charge is -2.27. The van der Waals surface area contributed by atoms with Gasteiger partial charge in [0.2, 0.25) is 0 Å². The number of carbonyl (C=O) groups excluding carboxylic acids is 1. The quantitative estimate of drug-likeness (QED) is 0.530. The zero-order valence-electron chi connectivity index (χ0n) is 16.0. The Morgan fingerprint density at radius 2 is 1.46 bits per heavy atom. The van der Waals surface area contributed by atoms with Gasteiger partial charge in [-0.2, -0.15) is 0 Å². The number of phenols is 1. The first-order valence-electron chi connectivity index (χ1n) is 9.14. The fourth-order valence-corrected chi connectivity index (χ4v) is 3.39. The smallest absolute Gasteiger partial charge is 0.163 e. The molecule has 140 valence electrons. The second kappa shape index (κ2) is 6.60. The van der Waals surface area contributed by atoms with Crippen molar-refractivity contribution in [2.45, 2.75) is 26.2 Å². The number of hydrogen-bond donors (Lipinski definition) is 1. The molecule has 5 heteroatoms. The van der Waals surface area contributed by atoms with Crippen molar-refractivity contribution in [3.05, 3.63) is 83.4 Å². The minimum Gasteiger partial charge on any atom is -0.505 e. The van der Waals surface area contributed by atoms with Gasteiger partial charge in [-0.3, -0.25) is 4.79 Å². The number of benzene rings is 3. The van der Waals surface area contributed by atoms with Gasteiger partial charge in [0, 0.05) is 5.41 Å². The van der Waals surface area contributed by atoms with Gasteiger partial charge in [-0.25, -0.2) is 0 Å². The van der Waals surface area contributed by atoms with Crippen LogP contribution in [0.1, 0.15) is 42.3 Å². The molecule has 0 saturated carbocycles. The van der Waals surface area contributed by atoms with Gasteiger partial charge in [0.15, 0.2) is 11.5 Å². The van der Waals surface area contributed by atoms with E-state index in [0.717, 1.165) is 22.2 Å². The summed E-state index contributed by atoms with van der Waals surface area (Å²) >= 11 is 0. The van der Waals surface area contributed by atoms with E-state index in [4.69, 9.17) is 0 Å². The largest absolute Gasteiger partial charge is 0.505 e. The van der Waals surface area contributed by atoms with Crippen molar-refractivity contribution in [3.63, 3.8) is 0 Å². The zero-order chi connectivity index (χ0) is 19.9. The van der Waals surface area contributed by atoms with Gasteiger partial charge in [-0.15, -0.1) is 15.0 Å². The molecule has 0 aliphatic heterocycles. The zero-order valence-corrected chi connectivity index (χ0v) is 16.0. The maximum Gasteiger partial charge on any atom is 0.163 e. The van der Waals surface area contributed by atoms with Crippen LogP contribution >= 0.6 is 0 Å². The van der Waals surface area contributed by atoms with Gasteiger partial charge >= 0.3 is 0 Å². The molecule has 4 aromatic rings. The van der Waals surface area contributed by atoms with Gasteiger partial charge in [-0.1, -0.05) is 56.3 Å². The van der Waals surface area contributed by atoms with Crippen LogP contribution in [0.15, 0.2) is 66.7 Å². The van der Waals surface area contributed by atoms with Crippen molar-refractivity contribution in [2.75, 3.05) is 0 Å². The molecule has 0 atom stereocenters. The highest BCUT2D eigenvalue weighted by atomic mass is 16.3. The second-order valence-electron chi connectivity index (χ2n) is 7.42. The maximum atomic E-state index is 12.2. The highest BCUT2D eigenvalue weighted by Gasteiger charge is 2.27. The molecule has 3 aromatic carbocycles. The molecule has 0 unspecified atom stereocenters. The predicted molar refractivity (Wildman–Crippen MR) is 109 cm³/mol. The number of aromatic hydroxyl groups is 1. The van der Waals surface area contributed by atoms with E-state index >= 15 is 0 Å². The highest BCUT2D eigenvalue weighted by Crippen LogP contribution is 2.37. The monoisotopic (exact) mass is 371 g/mol. The van der Waals surface area contributed by atoms with E-state index < -0.39 is 0 Å². The number of carbonyl (C=O) groups is 1. The standard InChI is InChI=1S/C23H21N3O2/c1-15(27)18-13-17(23(2,3)16-9-5-4-6-10-16)14-21(22(18)28)26-24-19-11-7-8-12-20(19)25-26/h4-14,28H,1-3H3. The average molecular weight is 371 g/mol. The van der Waals surface area contributed by atoms with Crippen LogP contribution in [-0.2, 0) is 5.41 Å². The summed E-state index contributed by atoms with van der Waals surface area (Å²) in [7, 11) is 0. The normalized spacial score (nSPS) is 11.7. The third-order valence-electron chi connectivity index (χ3n) is 5.19. The summed E-state index contributed by atoms with van der Waals surface area (Å²) in [5, 5.41) is 19.7. The van der Waals surface area contributed by atoms with Crippen molar-refractivity contribution >= 4 is 16.8 Å². The van der Waals surface area contributed by atoms with Gasteiger partial charge in [0.1, 0.15) is 16.7 Å². The lowest BCUT2D eigenvalue weighted by atomic mass is 9.77. The molecule has 1 heterocycles. The van der Waals surface area contributed by atoms with Gasteiger partial charge in [0.25, 0.3) is 0 Å². The maximum absolute atomic E-state index is 12.2. The van der Waals surface area contributed by atoms with Crippen LogP contribution in [0.5, 0.6) is 5.75 Å². The summed E-state index contributed by atoms with van der Waals surface area (Å²) in [5.74, 6) is -0.318. The van der Waals surface area contributed by atoms with Crippen LogP contribution < -0.4 is 0 Å². The Hall–Kier alpha value is -3.47. The number of Topliss-reactive ketones (excluding diaryl/α,β-unsaturated/α-hetero) is 1. The first kappa shape index (κ1) is 17.9. The molecule has 1 aromatic heterocycles. The van der Waals surface area contributed by atoms with E-state index in [1.165, 1.54) is 11.7 Å². The van der Waals surface area contributed by atoms with Crippen LogP contribution in [0.2, 0.25) is 0 Å². The number of phenolic OH excluding ortho intramolecular Hbond substituents is 1. The number of nitrogens with zero attached hydrogens (tertiary/aromatic N) is 3. The SMILES string of the molecule is CC(=O)c1cc(C(C)(C)c2ccccc2)cc(-n2nc3ccccc3n2)c1O. The molecule has 0 radical (unpaired) electrons. The molecule has 1 N–H and O–H groups in total. The summed E-state index contributed by atoms with van der Waals surface area (Å²) in [6.45, 7) is 5.63. The topological polar surface area (TPSA) is 68.0 Å². The fourth-order valence-electron chi connectivity index (χ4n) is 3.39. The average Bonchev–Trinajstić information content (AvgIpc) is 3.12. The third kappa shape index (κ3) is 2.95. The molecular formula is C23H21N3O2. The Morgan fingerprint density at radius 3 is 2.04 bits per heavy atom. The lowest BCUT2D eigenvalue weighted by Crippen LogP contribution is -2.20. The lowest BCUT2D eigenvalue weighted by molar-refractivity contribution is 0.101. The Balaban J connectivity index is 1.95. The number of hydrogen-bond acceptors (Lipinski definition) is 4. The Bertz CT molecular complexity index is 1140. The van der Waals surface area contributed by atoms with Crippen molar-refractivity contribution in [1.29, 1.82) is 0 Å². The minimum absolute atomic E-state index is 0.111. The van der Waals surface area contributed by atoms with Crippen molar-refractivity contribution in [3.8, 4) is 11.4 Å². The van der Waals surface area contributed by atoms with Crippen LogP contribution in [0.3, 0.4) is 0 Å². The first-order valence-corrected chi connectivity index (χ1v) is 9.14. The third-order valence-corrected chi connectivity index (χ3v) is 5.19. The molecule has 0 amide bonds. The van der Waals surface area contributed by atoms with E-state index in [9.17, 15) is 9.90 Å². The van der Waals surface area contributed by atoms with Crippen LogP contribution in [0, 0.1) is 0 Å². The predicted octanol–water partition coefficient (Wildman–Crippen LogP) is 4.65. The molecular weight excluding hydrogens is 350 g/mol. The van der Waals surface area contributed by atoms with Crippen LogP contribution in [0.4, 0.5) is 0 Å². The second-order valence-corrected chi connectivity index (χ2v) is 7.42. The number of ketones is 1. The molecule has 5 nitrogen and oxygen atoms in total. The first-order chi connectivity index (χ1) is 13.4. The molecule has 0 spiro atoms. The number of fused-ring (bicyclic) bond motifs is 1. The van der Waals surface area contributed by atoms with Crippen molar-refractivity contribution in [2.24, 2.45) is 0 Å². The molecule has 0 aliphatic rings. The van der Waals surface area contributed by atoms with Gasteiger partial charge < -0.3 is 5.11 Å². The Morgan fingerprint density at radius 1 is 0.893 bits per heavy atom. The number of rotatable bonds is 4. The Labute approximate surface area is 163 Å². The Kier molecular flexibility index (Phi) is 4.23. The fraction of sp³-hybridized carbons (Fsp3) is 0.174. The molecule has 0 aliphatic carbocycles. The molecule has 0 fully saturated rings. The van der Waals surface area contributed by atoms with Crippen molar-refractivity contribution in [1.82, 2.24) is 15.0 Å². The summed E-state index contributed by atoms with van der Waals surface area (Å²) in [6.07, 6.45) is 0. The van der Waals surface area contributed by atoms with E-state index in [-0.39, 0.29) is 22.5 Å². The van der Waals surface area contributed by atoms with Gasteiger partial charge in [-0.05, 0) is 42.3 Å².